The molecule has 3 heteroatoms. The number of rotatable bonds is 4. The standard InChI is InChI=1S/C8H16O2S/c1-7(6-11)4-10-8-2-3-9-5-8/h7-8,11H,2-6H2,1H3. The first-order valence-corrected chi connectivity index (χ1v) is 4.76. The van der Waals surface area contributed by atoms with Crippen LogP contribution in [0.15, 0.2) is 0 Å². The Kier molecular flexibility index (Phi) is 4.26. The van der Waals surface area contributed by atoms with Gasteiger partial charge >= 0.3 is 0 Å². The van der Waals surface area contributed by atoms with Crippen molar-refractivity contribution in [3.63, 3.8) is 0 Å². The third-order valence-corrected chi connectivity index (χ3v) is 2.44. The molecule has 0 aromatic carbocycles. The molecule has 1 aliphatic rings. The molecule has 0 N–H and O–H groups in total. The summed E-state index contributed by atoms with van der Waals surface area (Å²) in [4.78, 5) is 0. The van der Waals surface area contributed by atoms with Gasteiger partial charge in [0.05, 0.1) is 19.3 Å². The minimum absolute atomic E-state index is 0.345. The molecule has 1 heterocycles. The van der Waals surface area contributed by atoms with Crippen LogP contribution >= 0.6 is 12.6 Å². The molecule has 0 spiro atoms. The van der Waals surface area contributed by atoms with Gasteiger partial charge in [0, 0.05) is 6.61 Å². The van der Waals surface area contributed by atoms with Crippen molar-refractivity contribution in [2.75, 3.05) is 25.6 Å². The second kappa shape index (κ2) is 5.01. The molecule has 11 heavy (non-hydrogen) atoms. The Bertz CT molecular complexity index is 102. The number of ether oxygens (including phenoxy) is 2. The molecule has 2 unspecified atom stereocenters. The molecule has 2 nitrogen and oxygen atoms in total. The Morgan fingerprint density at radius 2 is 2.55 bits per heavy atom. The highest BCUT2D eigenvalue weighted by atomic mass is 32.1. The molecule has 0 saturated carbocycles. The molecule has 1 rings (SSSR count). The predicted molar refractivity (Wildman–Crippen MR) is 48.2 cm³/mol. The van der Waals surface area contributed by atoms with Gasteiger partial charge in [-0.25, -0.2) is 0 Å². The Morgan fingerprint density at radius 3 is 3.09 bits per heavy atom. The third-order valence-electron chi connectivity index (χ3n) is 1.82. The largest absolute Gasteiger partial charge is 0.379 e. The van der Waals surface area contributed by atoms with Crippen LogP contribution in [0, 0.1) is 5.92 Å². The van der Waals surface area contributed by atoms with E-state index in [-0.39, 0.29) is 0 Å². The van der Waals surface area contributed by atoms with Crippen molar-refractivity contribution in [2.24, 2.45) is 5.92 Å². The molecule has 0 bridgehead atoms. The molecule has 66 valence electrons. The summed E-state index contributed by atoms with van der Waals surface area (Å²) in [7, 11) is 0. The lowest BCUT2D eigenvalue weighted by molar-refractivity contribution is 0.0288. The summed E-state index contributed by atoms with van der Waals surface area (Å²) in [6.45, 7) is 4.60. The zero-order valence-corrected chi connectivity index (χ0v) is 7.85. The van der Waals surface area contributed by atoms with E-state index < -0.39 is 0 Å². The van der Waals surface area contributed by atoms with E-state index in [1.807, 2.05) is 0 Å². The lowest BCUT2D eigenvalue weighted by atomic mass is 10.2. The van der Waals surface area contributed by atoms with Crippen molar-refractivity contribution in [3.05, 3.63) is 0 Å². The lowest BCUT2D eigenvalue weighted by Crippen LogP contribution is -2.17. The van der Waals surface area contributed by atoms with Gasteiger partial charge in [-0.1, -0.05) is 6.92 Å². The Labute approximate surface area is 73.7 Å². The fraction of sp³-hybridized carbons (Fsp3) is 1.00. The molecule has 2 atom stereocenters. The van der Waals surface area contributed by atoms with Crippen molar-refractivity contribution >= 4 is 12.6 Å². The number of hydrogen-bond acceptors (Lipinski definition) is 3. The molecular weight excluding hydrogens is 160 g/mol. The van der Waals surface area contributed by atoms with Gasteiger partial charge in [-0.2, -0.15) is 12.6 Å². The van der Waals surface area contributed by atoms with Crippen LogP contribution in [-0.2, 0) is 9.47 Å². The zero-order valence-electron chi connectivity index (χ0n) is 6.95. The quantitative estimate of drug-likeness (QED) is 0.652. The van der Waals surface area contributed by atoms with E-state index >= 15 is 0 Å². The topological polar surface area (TPSA) is 18.5 Å². The smallest absolute Gasteiger partial charge is 0.0830 e. The third kappa shape index (κ3) is 3.45. The van der Waals surface area contributed by atoms with Crippen LogP contribution in [-0.4, -0.2) is 31.7 Å². The summed E-state index contributed by atoms with van der Waals surface area (Å²) >= 11 is 4.18. The van der Waals surface area contributed by atoms with E-state index in [9.17, 15) is 0 Å². The molecule has 0 aromatic heterocycles. The molecule has 1 fully saturated rings. The monoisotopic (exact) mass is 176 g/mol. The summed E-state index contributed by atoms with van der Waals surface area (Å²) in [6.07, 6.45) is 1.40. The fourth-order valence-corrected chi connectivity index (χ4v) is 1.10. The first kappa shape index (κ1) is 9.36. The van der Waals surface area contributed by atoms with Gasteiger partial charge in [0.25, 0.3) is 0 Å². The molecular formula is C8H16O2S. The van der Waals surface area contributed by atoms with Crippen LogP contribution in [0.4, 0.5) is 0 Å². The Balaban J connectivity index is 2.01. The van der Waals surface area contributed by atoms with Gasteiger partial charge in [0.1, 0.15) is 0 Å². The summed E-state index contributed by atoms with van der Waals surface area (Å²) in [5.74, 6) is 1.45. The number of hydrogen-bond donors (Lipinski definition) is 1. The van der Waals surface area contributed by atoms with Crippen LogP contribution in [0.2, 0.25) is 0 Å². The van der Waals surface area contributed by atoms with Crippen molar-refractivity contribution in [3.8, 4) is 0 Å². The summed E-state index contributed by atoms with van der Waals surface area (Å²) in [5, 5.41) is 0. The molecule has 1 aliphatic heterocycles. The van der Waals surface area contributed by atoms with Gasteiger partial charge in [-0.3, -0.25) is 0 Å². The highest BCUT2D eigenvalue weighted by Crippen LogP contribution is 2.10. The van der Waals surface area contributed by atoms with Crippen LogP contribution in [0.25, 0.3) is 0 Å². The molecule has 1 saturated heterocycles. The zero-order chi connectivity index (χ0) is 8.10. The SMILES string of the molecule is CC(CS)COC1CCOC1. The average molecular weight is 176 g/mol. The average Bonchev–Trinajstić information content (AvgIpc) is 2.52. The van der Waals surface area contributed by atoms with Gasteiger partial charge in [-0.05, 0) is 18.1 Å². The maximum atomic E-state index is 5.58. The molecule has 0 aromatic rings. The van der Waals surface area contributed by atoms with Crippen LogP contribution in [0.5, 0.6) is 0 Å². The molecule has 0 aliphatic carbocycles. The fourth-order valence-electron chi connectivity index (χ4n) is 0.997. The van der Waals surface area contributed by atoms with Gasteiger partial charge in [-0.15, -0.1) is 0 Å². The normalized spacial score (nSPS) is 27.3. The predicted octanol–water partition coefficient (Wildman–Crippen LogP) is 1.36. The van der Waals surface area contributed by atoms with E-state index in [1.165, 1.54) is 0 Å². The highest BCUT2D eigenvalue weighted by molar-refractivity contribution is 7.80. The van der Waals surface area contributed by atoms with Gasteiger partial charge < -0.3 is 9.47 Å². The summed E-state index contributed by atoms with van der Waals surface area (Å²) in [6, 6.07) is 0. The lowest BCUT2D eigenvalue weighted by Gasteiger charge is -2.12. The Morgan fingerprint density at radius 1 is 1.73 bits per heavy atom. The maximum absolute atomic E-state index is 5.58. The molecule has 0 radical (unpaired) electrons. The van der Waals surface area contributed by atoms with Gasteiger partial charge in [0.15, 0.2) is 0 Å². The Hall–Kier alpha value is 0.270. The van der Waals surface area contributed by atoms with E-state index in [4.69, 9.17) is 9.47 Å². The van der Waals surface area contributed by atoms with Crippen LogP contribution in [0.3, 0.4) is 0 Å². The van der Waals surface area contributed by atoms with Crippen molar-refractivity contribution in [1.29, 1.82) is 0 Å². The second-order valence-corrected chi connectivity index (χ2v) is 3.47. The minimum atomic E-state index is 0.345. The highest BCUT2D eigenvalue weighted by Gasteiger charge is 2.16. The van der Waals surface area contributed by atoms with E-state index in [1.54, 1.807) is 0 Å². The van der Waals surface area contributed by atoms with Gasteiger partial charge in [0.2, 0.25) is 0 Å². The van der Waals surface area contributed by atoms with Crippen molar-refractivity contribution in [2.45, 2.75) is 19.4 Å². The van der Waals surface area contributed by atoms with E-state index in [0.29, 0.717) is 12.0 Å². The summed E-state index contributed by atoms with van der Waals surface area (Å²) < 4.78 is 10.8. The van der Waals surface area contributed by atoms with E-state index in [2.05, 4.69) is 19.6 Å². The first-order valence-electron chi connectivity index (χ1n) is 4.13. The minimum Gasteiger partial charge on any atom is -0.379 e. The van der Waals surface area contributed by atoms with Crippen LogP contribution in [0.1, 0.15) is 13.3 Å². The molecule has 0 amide bonds. The van der Waals surface area contributed by atoms with Crippen molar-refractivity contribution in [1.82, 2.24) is 0 Å². The van der Waals surface area contributed by atoms with Crippen molar-refractivity contribution < 1.29 is 9.47 Å². The second-order valence-electron chi connectivity index (χ2n) is 3.11. The first-order chi connectivity index (χ1) is 5.33. The maximum Gasteiger partial charge on any atom is 0.0830 e. The van der Waals surface area contributed by atoms with Crippen LogP contribution < -0.4 is 0 Å². The summed E-state index contributed by atoms with van der Waals surface area (Å²) in [5.41, 5.74) is 0. The number of thiol groups is 1. The van der Waals surface area contributed by atoms with E-state index in [0.717, 1.165) is 32.0 Å².